The summed E-state index contributed by atoms with van der Waals surface area (Å²) >= 11 is 1.57. The van der Waals surface area contributed by atoms with Crippen molar-refractivity contribution in [2.24, 2.45) is 5.41 Å². The Bertz CT molecular complexity index is 1000. The number of thiophene rings is 1. The van der Waals surface area contributed by atoms with Crippen molar-refractivity contribution >= 4 is 23.1 Å². The molecule has 150 valence electrons. The van der Waals surface area contributed by atoms with E-state index in [1.54, 1.807) is 11.3 Å². The lowest BCUT2D eigenvalue weighted by Crippen LogP contribution is -2.38. The standard InChI is InChI=1S/C24H25NO3S/c1-15-20(23(27)28-13-16-7-5-4-6-8-16)21(17-9-10-29-14-17)22-18(25-15)11-24(2,3)12-19(22)26/h4-10,14,21,25H,11-13H2,1-3H3. The Morgan fingerprint density at radius 3 is 2.66 bits per heavy atom. The maximum atomic E-state index is 13.1. The third-order valence-corrected chi connectivity index (χ3v) is 6.25. The van der Waals surface area contributed by atoms with Crippen LogP contribution in [0.4, 0.5) is 0 Å². The summed E-state index contributed by atoms with van der Waals surface area (Å²) in [4.78, 5) is 26.3. The Hall–Kier alpha value is -2.66. The van der Waals surface area contributed by atoms with Crippen LogP contribution in [0.25, 0.3) is 0 Å². The molecule has 1 aliphatic carbocycles. The second-order valence-corrected chi connectivity index (χ2v) is 9.33. The van der Waals surface area contributed by atoms with Crippen LogP contribution in [0.1, 0.15) is 50.7 Å². The van der Waals surface area contributed by atoms with Crippen molar-refractivity contribution in [3.8, 4) is 0 Å². The van der Waals surface area contributed by atoms with Gasteiger partial charge in [-0.2, -0.15) is 11.3 Å². The van der Waals surface area contributed by atoms with Gasteiger partial charge in [-0.3, -0.25) is 4.79 Å². The van der Waals surface area contributed by atoms with Gasteiger partial charge in [0.25, 0.3) is 0 Å². The molecule has 2 aromatic rings. The number of ketones is 1. The molecule has 0 fully saturated rings. The number of carbonyl (C=O) groups is 2. The molecule has 0 bridgehead atoms. The molecule has 29 heavy (non-hydrogen) atoms. The van der Waals surface area contributed by atoms with Gasteiger partial charge in [0.05, 0.1) is 5.57 Å². The first kappa shape index (κ1) is 19.6. The number of Topliss-reactive ketones (excluding diaryl/α,β-unsaturated/α-hetero) is 1. The number of rotatable bonds is 4. The van der Waals surface area contributed by atoms with Crippen LogP contribution in [0.15, 0.2) is 69.7 Å². The van der Waals surface area contributed by atoms with Gasteiger partial charge < -0.3 is 10.1 Å². The second-order valence-electron chi connectivity index (χ2n) is 8.55. The maximum Gasteiger partial charge on any atom is 0.337 e. The highest BCUT2D eigenvalue weighted by atomic mass is 32.1. The molecular weight excluding hydrogens is 382 g/mol. The van der Waals surface area contributed by atoms with E-state index >= 15 is 0 Å². The van der Waals surface area contributed by atoms with E-state index in [0.29, 0.717) is 12.0 Å². The number of nitrogens with one attached hydrogen (secondary N) is 1. The molecule has 0 amide bonds. The Labute approximate surface area is 175 Å². The van der Waals surface area contributed by atoms with E-state index in [-0.39, 0.29) is 29.7 Å². The zero-order chi connectivity index (χ0) is 20.6. The van der Waals surface area contributed by atoms with Crippen molar-refractivity contribution in [1.29, 1.82) is 0 Å². The van der Waals surface area contributed by atoms with Crippen LogP contribution in [-0.2, 0) is 20.9 Å². The van der Waals surface area contributed by atoms with Gasteiger partial charge in [-0.05, 0) is 46.7 Å². The van der Waals surface area contributed by atoms with E-state index in [0.717, 1.165) is 34.5 Å². The van der Waals surface area contributed by atoms with Gasteiger partial charge in [-0.1, -0.05) is 44.2 Å². The van der Waals surface area contributed by atoms with Crippen LogP contribution in [0.2, 0.25) is 0 Å². The normalized spacial score (nSPS) is 20.9. The Balaban J connectivity index is 1.69. The van der Waals surface area contributed by atoms with E-state index in [1.165, 1.54) is 0 Å². The van der Waals surface area contributed by atoms with Crippen LogP contribution in [0, 0.1) is 5.41 Å². The quantitative estimate of drug-likeness (QED) is 0.717. The molecule has 1 aromatic carbocycles. The molecule has 1 N–H and O–H groups in total. The predicted octanol–water partition coefficient (Wildman–Crippen LogP) is 5.10. The van der Waals surface area contributed by atoms with Crippen molar-refractivity contribution in [1.82, 2.24) is 5.32 Å². The molecular formula is C24H25NO3S. The van der Waals surface area contributed by atoms with E-state index in [9.17, 15) is 9.59 Å². The largest absolute Gasteiger partial charge is 0.457 e. The Kier molecular flexibility index (Phi) is 5.17. The molecule has 2 aliphatic rings. The number of hydrogen-bond acceptors (Lipinski definition) is 5. The summed E-state index contributed by atoms with van der Waals surface area (Å²) < 4.78 is 5.65. The second kappa shape index (κ2) is 7.64. The van der Waals surface area contributed by atoms with Crippen molar-refractivity contribution in [2.75, 3.05) is 0 Å². The summed E-state index contributed by atoms with van der Waals surface area (Å²) in [6, 6.07) is 11.6. The Morgan fingerprint density at radius 1 is 1.21 bits per heavy atom. The summed E-state index contributed by atoms with van der Waals surface area (Å²) in [6.07, 6.45) is 1.28. The molecule has 0 saturated carbocycles. The van der Waals surface area contributed by atoms with Crippen LogP contribution in [0.3, 0.4) is 0 Å². The van der Waals surface area contributed by atoms with Crippen molar-refractivity contribution in [3.63, 3.8) is 0 Å². The highest BCUT2D eigenvalue weighted by Crippen LogP contribution is 2.47. The number of carbonyl (C=O) groups excluding carboxylic acids is 2. The summed E-state index contributed by atoms with van der Waals surface area (Å²) in [5, 5.41) is 7.37. The maximum absolute atomic E-state index is 13.1. The van der Waals surface area contributed by atoms with E-state index in [2.05, 4.69) is 19.2 Å². The zero-order valence-electron chi connectivity index (χ0n) is 17.0. The zero-order valence-corrected chi connectivity index (χ0v) is 17.8. The highest BCUT2D eigenvalue weighted by molar-refractivity contribution is 7.08. The number of benzene rings is 1. The molecule has 4 rings (SSSR count). The summed E-state index contributed by atoms with van der Waals surface area (Å²) in [5.74, 6) is -0.635. The summed E-state index contributed by atoms with van der Waals surface area (Å²) in [6.45, 7) is 6.32. The predicted molar refractivity (Wildman–Crippen MR) is 114 cm³/mol. The van der Waals surface area contributed by atoms with Gasteiger partial charge in [-0.25, -0.2) is 4.79 Å². The average molecular weight is 408 g/mol. The lowest BCUT2D eigenvalue weighted by molar-refractivity contribution is -0.140. The topological polar surface area (TPSA) is 55.4 Å². The van der Waals surface area contributed by atoms with Gasteiger partial charge in [0.2, 0.25) is 0 Å². The first-order valence-corrected chi connectivity index (χ1v) is 10.8. The fourth-order valence-corrected chi connectivity index (χ4v) is 4.97. The minimum absolute atomic E-state index is 0.0896. The lowest BCUT2D eigenvalue weighted by atomic mass is 9.69. The van der Waals surface area contributed by atoms with Gasteiger partial charge in [-0.15, -0.1) is 0 Å². The van der Waals surface area contributed by atoms with Crippen molar-refractivity contribution < 1.29 is 14.3 Å². The van der Waals surface area contributed by atoms with Gasteiger partial charge in [0, 0.05) is 29.3 Å². The third-order valence-electron chi connectivity index (χ3n) is 5.55. The molecule has 5 heteroatoms. The molecule has 1 aliphatic heterocycles. The molecule has 1 unspecified atom stereocenters. The highest BCUT2D eigenvalue weighted by Gasteiger charge is 2.43. The molecule has 1 atom stereocenters. The summed E-state index contributed by atoms with van der Waals surface area (Å²) in [7, 11) is 0. The SMILES string of the molecule is CC1=C(C(=O)OCc2ccccc2)C(c2ccsc2)C2=C(CC(C)(C)CC2=O)N1. The Morgan fingerprint density at radius 2 is 1.97 bits per heavy atom. The minimum Gasteiger partial charge on any atom is -0.457 e. The van der Waals surface area contributed by atoms with Gasteiger partial charge >= 0.3 is 5.97 Å². The number of ether oxygens (including phenoxy) is 1. The van der Waals surface area contributed by atoms with E-state index < -0.39 is 0 Å². The minimum atomic E-state index is -0.376. The van der Waals surface area contributed by atoms with Crippen LogP contribution in [0.5, 0.6) is 0 Å². The van der Waals surface area contributed by atoms with Crippen molar-refractivity contribution in [2.45, 2.75) is 46.1 Å². The van der Waals surface area contributed by atoms with E-state index in [4.69, 9.17) is 4.74 Å². The number of hydrogen-bond donors (Lipinski definition) is 1. The summed E-state index contributed by atoms with van der Waals surface area (Å²) in [5.41, 5.74) is 4.79. The average Bonchev–Trinajstić information content (AvgIpc) is 3.19. The van der Waals surface area contributed by atoms with Crippen LogP contribution < -0.4 is 5.32 Å². The van der Waals surface area contributed by atoms with Crippen LogP contribution in [-0.4, -0.2) is 11.8 Å². The molecule has 4 nitrogen and oxygen atoms in total. The smallest absolute Gasteiger partial charge is 0.337 e. The van der Waals surface area contributed by atoms with E-state index in [1.807, 2.05) is 54.1 Å². The first-order valence-electron chi connectivity index (χ1n) is 9.83. The first-order chi connectivity index (χ1) is 13.9. The number of esters is 1. The number of dihydropyridines is 1. The molecule has 1 aromatic heterocycles. The molecule has 0 saturated heterocycles. The number of allylic oxidation sites excluding steroid dienone is 3. The monoisotopic (exact) mass is 407 g/mol. The molecule has 2 heterocycles. The van der Waals surface area contributed by atoms with Crippen LogP contribution >= 0.6 is 11.3 Å². The third kappa shape index (κ3) is 3.92. The molecule has 0 radical (unpaired) electrons. The lowest BCUT2D eigenvalue weighted by Gasteiger charge is -2.39. The fraction of sp³-hybridized carbons (Fsp3) is 0.333. The van der Waals surface area contributed by atoms with Gasteiger partial charge in [0.1, 0.15) is 6.61 Å². The van der Waals surface area contributed by atoms with Gasteiger partial charge in [0.15, 0.2) is 5.78 Å². The van der Waals surface area contributed by atoms with Crippen molar-refractivity contribution in [3.05, 3.63) is 80.8 Å². The molecule has 0 spiro atoms. The fourth-order valence-electron chi connectivity index (χ4n) is 4.28.